The maximum absolute atomic E-state index is 12.1. The maximum Gasteiger partial charge on any atom is 0.352 e. The molecular weight excluding hydrogens is 333 g/mol. The minimum Gasteiger partial charge on any atom is -0.478 e. The molecule has 2 rings (SSSR count). The lowest BCUT2D eigenvalue weighted by Crippen LogP contribution is -2.30. The summed E-state index contributed by atoms with van der Waals surface area (Å²) in [5.41, 5.74) is 0.762. The Kier molecular flexibility index (Phi) is 5.51. The van der Waals surface area contributed by atoms with Crippen molar-refractivity contribution in [1.82, 2.24) is 5.32 Å². The minimum atomic E-state index is -4.61. The van der Waals surface area contributed by atoms with Gasteiger partial charge in [0.05, 0.1) is 12.0 Å². The first kappa shape index (κ1) is 17.9. The van der Waals surface area contributed by atoms with Crippen molar-refractivity contribution in [2.24, 2.45) is 0 Å². The summed E-state index contributed by atoms with van der Waals surface area (Å²) in [6, 6.07) is 13.7. The topological polar surface area (TPSA) is 124 Å². The van der Waals surface area contributed by atoms with Crippen molar-refractivity contribution in [3.63, 3.8) is 0 Å². The fourth-order valence-corrected chi connectivity index (χ4v) is 3.07. The van der Waals surface area contributed by atoms with Crippen molar-refractivity contribution < 1.29 is 29.0 Å². The zero-order valence-electron chi connectivity index (χ0n) is 12.5. The molecule has 0 bridgehead atoms. The van der Waals surface area contributed by atoms with Gasteiger partial charge in [0.2, 0.25) is 5.91 Å². The lowest BCUT2D eigenvalue weighted by atomic mass is 10.1. The van der Waals surface area contributed by atoms with E-state index in [1.165, 1.54) is 30.3 Å². The summed E-state index contributed by atoms with van der Waals surface area (Å²) in [5.74, 6) is -3.18. The normalized spacial score (nSPS) is 12.4. The second-order valence-electron chi connectivity index (χ2n) is 5.15. The molecule has 0 spiro atoms. The Morgan fingerprint density at radius 1 is 1.04 bits per heavy atom. The van der Waals surface area contributed by atoms with Crippen LogP contribution >= 0.6 is 7.60 Å². The average Bonchev–Trinajstić information content (AvgIpc) is 2.52. The summed E-state index contributed by atoms with van der Waals surface area (Å²) in [6.07, 6.45) is -0.190. The second kappa shape index (κ2) is 7.40. The molecule has 0 aliphatic rings. The number of carbonyl (C=O) groups excluding carboxylic acids is 1. The minimum absolute atomic E-state index is 0.0369. The summed E-state index contributed by atoms with van der Waals surface area (Å²) in [4.78, 5) is 42.0. The summed E-state index contributed by atoms with van der Waals surface area (Å²) in [5, 5.41) is 11.3. The predicted molar refractivity (Wildman–Crippen MR) is 86.5 cm³/mol. The van der Waals surface area contributed by atoms with Crippen LogP contribution in [0.5, 0.6) is 0 Å². The molecule has 0 heterocycles. The first-order chi connectivity index (χ1) is 11.3. The van der Waals surface area contributed by atoms with Crippen LogP contribution in [-0.2, 0) is 15.8 Å². The summed E-state index contributed by atoms with van der Waals surface area (Å²) in [7, 11) is -4.61. The molecule has 7 nitrogen and oxygen atoms in total. The standard InChI is InChI=1S/C16H16NO6P/c18-14(10-11-5-4-8-13(9-11)16(19)20)17-15(24(21,22)23)12-6-2-1-3-7-12/h1-9,15H,10H2,(H,17,18)(H,19,20)(H2,21,22,23). The third-order valence-corrected chi connectivity index (χ3v) is 4.39. The quantitative estimate of drug-likeness (QED) is 0.591. The van der Waals surface area contributed by atoms with E-state index in [2.05, 4.69) is 5.32 Å². The molecule has 126 valence electrons. The summed E-state index contributed by atoms with van der Waals surface area (Å²) in [6.45, 7) is 0. The van der Waals surface area contributed by atoms with Gasteiger partial charge in [0.15, 0.2) is 5.78 Å². The van der Waals surface area contributed by atoms with Gasteiger partial charge in [-0.15, -0.1) is 0 Å². The molecule has 1 amide bonds. The largest absolute Gasteiger partial charge is 0.478 e. The molecule has 0 saturated heterocycles. The van der Waals surface area contributed by atoms with Crippen LogP contribution in [0, 0.1) is 0 Å². The molecule has 0 aliphatic heterocycles. The molecule has 0 fully saturated rings. The molecule has 8 heteroatoms. The van der Waals surface area contributed by atoms with Gasteiger partial charge in [0, 0.05) is 0 Å². The van der Waals surface area contributed by atoms with Crippen LogP contribution < -0.4 is 5.32 Å². The van der Waals surface area contributed by atoms with Crippen molar-refractivity contribution in [3.05, 3.63) is 71.3 Å². The Morgan fingerprint density at radius 2 is 1.71 bits per heavy atom. The third-order valence-electron chi connectivity index (χ3n) is 3.29. The van der Waals surface area contributed by atoms with Crippen molar-refractivity contribution in [1.29, 1.82) is 0 Å². The molecule has 0 radical (unpaired) electrons. The zero-order valence-corrected chi connectivity index (χ0v) is 13.4. The second-order valence-corrected chi connectivity index (χ2v) is 6.85. The molecule has 24 heavy (non-hydrogen) atoms. The van der Waals surface area contributed by atoms with Gasteiger partial charge >= 0.3 is 13.6 Å². The number of carbonyl (C=O) groups is 2. The van der Waals surface area contributed by atoms with E-state index in [0.717, 1.165) is 0 Å². The van der Waals surface area contributed by atoms with Crippen molar-refractivity contribution in [2.75, 3.05) is 0 Å². The van der Waals surface area contributed by atoms with E-state index in [0.29, 0.717) is 11.1 Å². The maximum atomic E-state index is 12.1. The summed E-state index contributed by atoms with van der Waals surface area (Å²) >= 11 is 0. The van der Waals surface area contributed by atoms with Crippen LogP contribution in [0.2, 0.25) is 0 Å². The molecule has 1 atom stereocenters. The Hall–Kier alpha value is -2.47. The first-order valence-corrected chi connectivity index (χ1v) is 8.67. The number of hydrogen-bond acceptors (Lipinski definition) is 3. The molecule has 2 aromatic rings. The lowest BCUT2D eigenvalue weighted by Gasteiger charge is -2.20. The van der Waals surface area contributed by atoms with E-state index in [1.807, 2.05) is 0 Å². The zero-order chi connectivity index (χ0) is 17.7. The molecule has 0 aromatic heterocycles. The van der Waals surface area contributed by atoms with Gasteiger partial charge in [-0.2, -0.15) is 0 Å². The van der Waals surface area contributed by atoms with Crippen LogP contribution in [0.4, 0.5) is 0 Å². The number of rotatable bonds is 6. The van der Waals surface area contributed by atoms with Gasteiger partial charge in [0.25, 0.3) is 0 Å². The SMILES string of the molecule is O=C(Cc1cccc(C(=O)O)c1)NC(c1ccccc1)P(=O)(O)O. The van der Waals surface area contributed by atoms with Crippen LogP contribution in [-0.4, -0.2) is 26.8 Å². The molecular formula is C16H16NO6P. The van der Waals surface area contributed by atoms with Crippen molar-refractivity contribution in [2.45, 2.75) is 12.2 Å². The number of hydrogen-bond donors (Lipinski definition) is 4. The Balaban J connectivity index is 2.16. The van der Waals surface area contributed by atoms with Crippen molar-refractivity contribution in [3.8, 4) is 0 Å². The molecule has 4 N–H and O–H groups in total. The van der Waals surface area contributed by atoms with Gasteiger partial charge in [-0.05, 0) is 23.3 Å². The first-order valence-electron chi connectivity index (χ1n) is 6.99. The monoisotopic (exact) mass is 349 g/mol. The van der Waals surface area contributed by atoms with E-state index in [-0.39, 0.29) is 12.0 Å². The van der Waals surface area contributed by atoms with Crippen molar-refractivity contribution >= 4 is 19.5 Å². The van der Waals surface area contributed by atoms with Crippen LogP contribution in [0.25, 0.3) is 0 Å². The lowest BCUT2D eigenvalue weighted by molar-refractivity contribution is -0.120. The van der Waals surface area contributed by atoms with Crippen LogP contribution in [0.3, 0.4) is 0 Å². The van der Waals surface area contributed by atoms with E-state index in [1.54, 1.807) is 24.3 Å². The Bertz CT molecular complexity index is 786. The molecule has 2 aromatic carbocycles. The van der Waals surface area contributed by atoms with Gasteiger partial charge in [-0.25, -0.2) is 4.79 Å². The number of nitrogens with one attached hydrogen (secondary N) is 1. The van der Waals surface area contributed by atoms with Crippen LogP contribution in [0.15, 0.2) is 54.6 Å². The number of aromatic carboxylic acids is 1. The van der Waals surface area contributed by atoms with Gasteiger partial charge < -0.3 is 20.2 Å². The van der Waals surface area contributed by atoms with E-state index in [9.17, 15) is 23.9 Å². The smallest absolute Gasteiger partial charge is 0.352 e. The average molecular weight is 349 g/mol. The highest BCUT2D eigenvalue weighted by Gasteiger charge is 2.31. The predicted octanol–water partition coefficient (Wildman–Crippen LogP) is 1.92. The Labute approximate surface area is 138 Å². The van der Waals surface area contributed by atoms with Crippen LogP contribution in [0.1, 0.15) is 27.3 Å². The van der Waals surface area contributed by atoms with E-state index in [4.69, 9.17) is 5.11 Å². The number of amides is 1. The highest BCUT2D eigenvalue weighted by molar-refractivity contribution is 7.52. The molecule has 1 unspecified atom stereocenters. The molecule has 0 saturated carbocycles. The number of carboxylic acids is 1. The fourth-order valence-electron chi connectivity index (χ4n) is 2.20. The van der Waals surface area contributed by atoms with E-state index >= 15 is 0 Å². The fraction of sp³-hybridized carbons (Fsp3) is 0.125. The third kappa shape index (κ3) is 4.76. The Morgan fingerprint density at radius 3 is 2.29 bits per heavy atom. The highest BCUT2D eigenvalue weighted by atomic mass is 31.2. The highest BCUT2D eigenvalue weighted by Crippen LogP contribution is 2.49. The summed E-state index contributed by atoms with van der Waals surface area (Å²) < 4.78 is 11.7. The molecule has 0 aliphatic carbocycles. The van der Waals surface area contributed by atoms with Gasteiger partial charge in [-0.1, -0.05) is 42.5 Å². The van der Waals surface area contributed by atoms with Gasteiger partial charge in [0.1, 0.15) is 0 Å². The van der Waals surface area contributed by atoms with Gasteiger partial charge in [-0.3, -0.25) is 9.36 Å². The number of carboxylic acid groups (broad SMARTS) is 1. The van der Waals surface area contributed by atoms with E-state index < -0.39 is 25.3 Å². The number of benzene rings is 2.